The lowest BCUT2D eigenvalue weighted by Gasteiger charge is -2.26. The molecule has 0 heterocycles. The maximum atomic E-state index is 12.1. The second-order valence-electron chi connectivity index (χ2n) is 5.68. The van der Waals surface area contributed by atoms with Crippen LogP contribution in [0.4, 0.5) is 4.79 Å². The molecule has 2 aromatic rings. The first kappa shape index (κ1) is 13.7. The molecule has 21 heavy (non-hydrogen) atoms. The SMILES string of the molecule is C[C@]1(NC(=O)OCc2ccccc2)CCc2ccccc21. The molecule has 1 aliphatic rings. The van der Waals surface area contributed by atoms with Crippen LogP contribution >= 0.6 is 0 Å². The zero-order chi connectivity index (χ0) is 14.7. The molecule has 108 valence electrons. The first-order valence-electron chi connectivity index (χ1n) is 7.25. The van der Waals surface area contributed by atoms with Crippen molar-refractivity contribution >= 4 is 6.09 Å². The molecule has 3 heteroatoms. The Hall–Kier alpha value is -2.29. The van der Waals surface area contributed by atoms with Crippen LogP contribution in [0.2, 0.25) is 0 Å². The van der Waals surface area contributed by atoms with E-state index in [0.29, 0.717) is 6.61 Å². The minimum atomic E-state index is -0.363. The van der Waals surface area contributed by atoms with Crippen LogP contribution in [0.15, 0.2) is 54.6 Å². The van der Waals surface area contributed by atoms with Gasteiger partial charge in [0.2, 0.25) is 0 Å². The van der Waals surface area contributed by atoms with E-state index in [4.69, 9.17) is 4.74 Å². The molecule has 1 aliphatic carbocycles. The Morgan fingerprint density at radius 2 is 1.86 bits per heavy atom. The third-order valence-electron chi connectivity index (χ3n) is 4.10. The lowest BCUT2D eigenvalue weighted by Crippen LogP contribution is -2.42. The average Bonchev–Trinajstić information content (AvgIpc) is 2.84. The van der Waals surface area contributed by atoms with Gasteiger partial charge in [-0.25, -0.2) is 4.79 Å². The second-order valence-corrected chi connectivity index (χ2v) is 5.68. The first-order chi connectivity index (χ1) is 10.2. The molecule has 0 fully saturated rings. The number of amides is 1. The zero-order valence-electron chi connectivity index (χ0n) is 12.1. The van der Waals surface area contributed by atoms with Crippen LogP contribution in [0.5, 0.6) is 0 Å². The predicted molar refractivity (Wildman–Crippen MR) is 81.9 cm³/mol. The highest BCUT2D eigenvalue weighted by molar-refractivity contribution is 5.69. The van der Waals surface area contributed by atoms with Crippen molar-refractivity contribution < 1.29 is 9.53 Å². The molecular weight excluding hydrogens is 262 g/mol. The van der Waals surface area contributed by atoms with E-state index in [1.807, 2.05) is 42.5 Å². The van der Waals surface area contributed by atoms with Crippen LogP contribution < -0.4 is 5.32 Å². The number of rotatable bonds is 3. The van der Waals surface area contributed by atoms with Crippen molar-refractivity contribution in [2.45, 2.75) is 31.9 Å². The lowest BCUT2D eigenvalue weighted by molar-refractivity contribution is 0.127. The van der Waals surface area contributed by atoms with Crippen molar-refractivity contribution in [1.82, 2.24) is 5.32 Å². The number of carbonyl (C=O) groups excluding carboxylic acids is 1. The topological polar surface area (TPSA) is 38.3 Å². The normalized spacial score (nSPS) is 19.9. The molecule has 2 aromatic carbocycles. The van der Waals surface area contributed by atoms with Gasteiger partial charge < -0.3 is 10.1 Å². The summed E-state index contributed by atoms with van der Waals surface area (Å²) in [5.74, 6) is 0. The molecule has 0 radical (unpaired) electrons. The van der Waals surface area contributed by atoms with Gasteiger partial charge in [-0.2, -0.15) is 0 Å². The largest absolute Gasteiger partial charge is 0.445 e. The summed E-state index contributed by atoms with van der Waals surface area (Å²) in [6, 6.07) is 18.0. The minimum absolute atomic E-state index is 0.296. The average molecular weight is 281 g/mol. The fraction of sp³-hybridized carbons (Fsp3) is 0.278. The summed E-state index contributed by atoms with van der Waals surface area (Å²) in [6.07, 6.45) is 1.54. The number of fused-ring (bicyclic) bond motifs is 1. The summed E-state index contributed by atoms with van der Waals surface area (Å²) in [7, 11) is 0. The minimum Gasteiger partial charge on any atom is -0.445 e. The quantitative estimate of drug-likeness (QED) is 0.930. The van der Waals surface area contributed by atoms with Gasteiger partial charge in [-0.1, -0.05) is 54.6 Å². The molecular formula is C18H19NO2. The Morgan fingerprint density at radius 3 is 2.67 bits per heavy atom. The van der Waals surface area contributed by atoms with E-state index in [9.17, 15) is 4.79 Å². The molecule has 1 atom stereocenters. The standard InChI is InChI=1S/C18H19NO2/c1-18(12-11-15-9-5-6-10-16(15)18)19-17(20)21-13-14-7-3-2-4-8-14/h2-10H,11-13H2,1H3,(H,19,20)/t18-/m0/s1. The number of alkyl carbamates (subject to hydrolysis) is 1. The van der Waals surface area contributed by atoms with Gasteiger partial charge in [-0.3, -0.25) is 0 Å². The Morgan fingerprint density at radius 1 is 1.14 bits per heavy atom. The number of hydrogen-bond acceptors (Lipinski definition) is 2. The maximum Gasteiger partial charge on any atom is 0.408 e. The van der Waals surface area contributed by atoms with Crippen LogP contribution in [0.25, 0.3) is 0 Å². The van der Waals surface area contributed by atoms with Crippen LogP contribution in [-0.2, 0) is 23.3 Å². The monoisotopic (exact) mass is 281 g/mol. The fourth-order valence-electron chi connectivity index (χ4n) is 2.91. The van der Waals surface area contributed by atoms with Crippen LogP contribution in [0.1, 0.15) is 30.0 Å². The highest BCUT2D eigenvalue weighted by Gasteiger charge is 2.35. The molecule has 1 amide bonds. The van der Waals surface area contributed by atoms with Crippen LogP contribution in [-0.4, -0.2) is 6.09 Å². The Labute approximate surface area is 124 Å². The molecule has 1 N–H and O–H groups in total. The smallest absolute Gasteiger partial charge is 0.408 e. The van der Waals surface area contributed by atoms with E-state index >= 15 is 0 Å². The van der Waals surface area contributed by atoms with Crippen molar-refractivity contribution in [1.29, 1.82) is 0 Å². The lowest BCUT2D eigenvalue weighted by atomic mass is 9.94. The zero-order valence-corrected chi connectivity index (χ0v) is 12.1. The summed E-state index contributed by atoms with van der Waals surface area (Å²) < 4.78 is 5.32. The van der Waals surface area contributed by atoms with Gasteiger partial charge in [0.1, 0.15) is 6.61 Å². The molecule has 3 nitrogen and oxygen atoms in total. The van der Waals surface area contributed by atoms with Gasteiger partial charge in [-0.15, -0.1) is 0 Å². The summed E-state index contributed by atoms with van der Waals surface area (Å²) in [5, 5.41) is 3.02. The van der Waals surface area contributed by atoms with Gasteiger partial charge in [0, 0.05) is 0 Å². The maximum absolute atomic E-state index is 12.1. The molecule has 0 aliphatic heterocycles. The number of aryl methyl sites for hydroxylation is 1. The van der Waals surface area contributed by atoms with Gasteiger partial charge in [0.15, 0.2) is 0 Å². The van der Waals surface area contributed by atoms with E-state index in [2.05, 4.69) is 24.4 Å². The van der Waals surface area contributed by atoms with Crippen molar-refractivity contribution in [2.24, 2.45) is 0 Å². The number of ether oxygens (including phenoxy) is 1. The van der Waals surface area contributed by atoms with E-state index in [1.54, 1.807) is 0 Å². The number of carbonyl (C=O) groups is 1. The molecule has 0 saturated heterocycles. The van der Waals surface area contributed by atoms with Crippen molar-refractivity contribution in [3.8, 4) is 0 Å². The van der Waals surface area contributed by atoms with E-state index in [-0.39, 0.29) is 11.6 Å². The van der Waals surface area contributed by atoms with E-state index < -0.39 is 0 Å². The third-order valence-corrected chi connectivity index (χ3v) is 4.10. The molecule has 0 saturated carbocycles. The van der Waals surface area contributed by atoms with Gasteiger partial charge in [-0.05, 0) is 36.5 Å². The number of benzene rings is 2. The molecule has 0 aromatic heterocycles. The predicted octanol–water partition coefficient (Wildman–Crippen LogP) is 3.77. The Bertz CT molecular complexity index is 639. The summed E-state index contributed by atoms with van der Waals surface area (Å²) >= 11 is 0. The van der Waals surface area contributed by atoms with Crippen LogP contribution in [0, 0.1) is 0 Å². The number of nitrogens with one attached hydrogen (secondary N) is 1. The summed E-state index contributed by atoms with van der Waals surface area (Å²) in [6.45, 7) is 2.35. The molecule has 3 rings (SSSR count). The molecule has 0 unspecified atom stereocenters. The molecule has 0 spiro atoms. The van der Waals surface area contributed by atoms with Crippen molar-refractivity contribution in [2.75, 3.05) is 0 Å². The first-order valence-corrected chi connectivity index (χ1v) is 7.25. The summed E-state index contributed by atoms with van der Waals surface area (Å²) in [4.78, 5) is 12.1. The van der Waals surface area contributed by atoms with Gasteiger partial charge >= 0.3 is 6.09 Å². The van der Waals surface area contributed by atoms with Crippen LogP contribution in [0.3, 0.4) is 0 Å². The van der Waals surface area contributed by atoms with Gasteiger partial charge in [0.25, 0.3) is 0 Å². The number of hydrogen-bond donors (Lipinski definition) is 1. The third kappa shape index (κ3) is 2.92. The highest BCUT2D eigenvalue weighted by atomic mass is 16.5. The summed E-state index contributed by atoms with van der Waals surface area (Å²) in [5.41, 5.74) is 3.17. The highest BCUT2D eigenvalue weighted by Crippen LogP contribution is 2.36. The Kier molecular flexibility index (Phi) is 3.65. The van der Waals surface area contributed by atoms with Crippen molar-refractivity contribution in [3.63, 3.8) is 0 Å². The second kappa shape index (κ2) is 5.60. The van der Waals surface area contributed by atoms with E-state index in [1.165, 1.54) is 11.1 Å². The van der Waals surface area contributed by atoms with E-state index in [0.717, 1.165) is 18.4 Å². The fourth-order valence-corrected chi connectivity index (χ4v) is 2.91. The van der Waals surface area contributed by atoms with Crippen molar-refractivity contribution in [3.05, 3.63) is 71.3 Å². The molecule has 0 bridgehead atoms. The van der Waals surface area contributed by atoms with Gasteiger partial charge in [0.05, 0.1) is 5.54 Å². The Balaban J connectivity index is 1.63.